The van der Waals surface area contributed by atoms with Crippen molar-refractivity contribution in [2.24, 2.45) is 5.92 Å². The highest BCUT2D eigenvalue weighted by molar-refractivity contribution is 6.30. The molecule has 19 heavy (non-hydrogen) atoms. The molecule has 4 heteroatoms. The first kappa shape index (κ1) is 14.6. The van der Waals surface area contributed by atoms with Crippen LogP contribution in [0.1, 0.15) is 26.2 Å². The number of halogens is 1. The van der Waals surface area contributed by atoms with Gasteiger partial charge in [0, 0.05) is 17.6 Å². The molecule has 2 N–H and O–H groups in total. The maximum absolute atomic E-state index is 9.85. The van der Waals surface area contributed by atoms with Gasteiger partial charge in [0.2, 0.25) is 0 Å². The summed E-state index contributed by atoms with van der Waals surface area (Å²) in [5.41, 5.74) is 0. The van der Waals surface area contributed by atoms with E-state index in [9.17, 15) is 5.11 Å². The highest BCUT2D eigenvalue weighted by atomic mass is 35.5. The maximum atomic E-state index is 9.85. The van der Waals surface area contributed by atoms with E-state index >= 15 is 0 Å². The van der Waals surface area contributed by atoms with E-state index in [-0.39, 0.29) is 0 Å². The topological polar surface area (TPSA) is 41.5 Å². The zero-order valence-corrected chi connectivity index (χ0v) is 12.1. The molecule has 0 radical (unpaired) electrons. The van der Waals surface area contributed by atoms with Gasteiger partial charge in [0.15, 0.2) is 0 Å². The molecule has 0 spiro atoms. The Morgan fingerprint density at radius 3 is 3.11 bits per heavy atom. The van der Waals surface area contributed by atoms with Crippen LogP contribution in [0.25, 0.3) is 0 Å². The number of hydrogen-bond donors (Lipinski definition) is 2. The molecular formula is C15H22ClNO2. The second-order valence-corrected chi connectivity index (χ2v) is 5.66. The molecule has 0 aromatic heterocycles. The lowest BCUT2D eigenvalue weighted by Gasteiger charge is -2.13. The van der Waals surface area contributed by atoms with Crippen LogP contribution in [0.4, 0.5) is 0 Å². The minimum atomic E-state index is -0.484. The molecule has 2 rings (SSSR count). The number of hydrogen-bond acceptors (Lipinski definition) is 3. The summed E-state index contributed by atoms with van der Waals surface area (Å²) in [6, 6.07) is 7.82. The minimum absolute atomic E-state index is 0.290. The Balaban J connectivity index is 1.61. The Hall–Kier alpha value is -0.770. The van der Waals surface area contributed by atoms with Crippen LogP contribution in [-0.2, 0) is 0 Å². The number of benzene rings is 1. The van der Waals surface area contributed by atoms with Crippen molar-refractivity contribution in [1.82, 2.24) is 5.32 Å². The van der Waals surface area contributed by atoms with E-state index < -0.39 is 6.10 Å². The Morgan fingerprint density at radius 1 is 1.53 bits per heavy atom. The standard InChI is InChI=1S/C15H22ClNO2/c1-2-4-11-7-15(11)17-9-13(18)10-19-14-6-3-5-12(16)8-14/h3,5-6,8,11,13,15,17-18H,2,4,7,9-10H2,1H3. The van der Waals surface area contributed by atoms with E-state index in [0.717, 1.165) is 5.92 Å². The third-order valence-corrected chi connectivity index (χ3v) is 3.67. The van der Waals surface area contributed by atoms with Crippen LogP contribution >= 0.6 is 11.6 Å². The van der Waals surface area contributed by atoms with Crippen LogP contribution in [0.2, 0.25) is 5.02 Å². The molecule has 1 aliphatic rings. The molecule has 1 aromatic rings. The Kier molecular flexibility index (Phi) is 5.49. The number of ether oxygens (including phenoxy) is 1. The van der Waals surface area contributed by atoms with Crippen molar-refractivity contribution < 1.29 is 9.84 Å². The van der Waals surface area contributed by atoms with Gasteiger partial charge < -0.3 is 15.2 Å². The van der Waals surface area contributed by atoms with Gasteiger partial charge in [0.25, 0.3) is 0 Å². The van der Waals surface area contributed by atoms with Crippen molar-refractivity contribution in [3.8, 4) is 5.75 Å². The summed E-state index contributed by atoms with van der Waals surface area (Å²) >= 11 is 5.86. The first-order valence-electron chi connectivity index (χ1n) is 6.99. The lowest BCUT2D eigenvalue weighted by atomic mass is 10.2. The molecule has 3 nitrogen and oxygen atoms in total. The molecule has 1 aromatic carbocycles. The van der Waals surface area contributed by atoms with Crippen molar-refractivity contribution in [3.63, 3.8) is 0 Å². The van der Waals surface area contributed by atoms with Crippen molar-refractivity contribution in [2.45, 2.75) is 38.3 Å². The molecule has 0 heterocycles. The third kappa shape index (κ3) is 5.01. The number of rotatable bonds is 8. The Bertz CT molecular complexity index is 399. The zero-order chi connectivity index (χ0) is 13.7. The summed E-state index contributed by atoms with van der Waals surface area (Å²) in [5, 5.41) is 13.9. The van der Waals surface area contributed by atoms with E-state index in [1.807, 2.05) is 12.1 Å². The fourth-order valence-electron chi connectivity index (χ4n) is 2.28. The second-order valence-electron chi connectivity index (χ2n) is 5.22. The Morgan fingerprint density at radius 2 is 2.37 bits per heavy atom. The van der Waals surface area contributed by atoms with Crippen LogP contribution in [0.15, 0.2) is 24.3 Å². The minimum Gasteiger partial charge on any atom is -0.491 e. The summed E-state index contributed by atoms with van der Waals surface area (Å²) in [6.45, 7) is 3.09. The van der Waals surface area contributed by atoms with Gasteiger partial charge in [-0.25, -0.2) is 0 Å². The zero-order valence-electron chi connectivity index (χ0n) is 11.3. The van der Waals surface area contributed by atoms with Crippen molar-refractivity contribution in [2.75, 3.05) is 13.2 Å². The molecule has 1 saturated carbocycles. The van der Waals surface area contributed by atoms with E-state index in [4.69, 9.17) is 16.3 Å². The normalized spacial score (nSPS) is 23.1. The maximum Gasteiger partial charge on any atom is 0.120 e. The quantitative estimate of drug-likeness (QED) is 0.771. The van der Waals surface area contributed by atoms with Gasteiger partial charge >= 0.3 is 0 Å². The first-order valence-corrected chi connectivity index (χ1v) is 7.36. The van der Waals surface area contributed by atoms with Gasteiger partial charge in [-0.1, -0.05) is 31.0 Å². The van der Waals surface area contributed by atoms with E-state index in [2.05, 4.69) is 12.2 Å². The predicted molar refractivity (Wildman–Crippen MR) is 77.8 cm³/mol. The van der Waals surface area contributed by atoms with Crippen molar-refractivity contribution >= 4 is 11.6 Å². The molecule has 1 aliphatic carbocycles. The number of aliphatic hydroxyl groups is 1. The summed E-state index contributed by atoms with van der Waals surface area (Å²) in [4.78, 5) is 0. The van der Waals surface area contributed by atoms with Gasteiger partial charge in [-0.05, 0) is 37.0 Å². The number of nitrogens with one attached hydrogen (secondary N) is 1. The van der Waals surface area contributed by atoms with Crippen LogP contribution in [-0.4, -0.2) is 30.4 Å². The molecule has 106 valence electrons. The average molecular weight is 284 g/mol. The van der Waals surface area contributed by atoms with Gasteiger partial charge in [0.05, 0.1) is 0 Å². The van der Waals surface area contributed by atoms with E-state index in [1.165, 1.54) is 19.3 Å². The van der Waals surface area contributed by atoms with E-state index in [0.29, 0.717) is 30.0 Å². The Labute approximate surface area is 119 Å². The average Bonchev–Trinajstić information content (AvgIpc) is 3.13. The lowest BCUT2D eigenvalue weighted by Crippen LogP contribution is -2.33. The highest BCUT2D eigenvalue weighted by Gasteiger charge is 2.35. The van der Waals surface area contributed by atoms with Crippen molar-refractivity contribution in [3.05, 3.63) is 29.3 Å². The van der Waals surface area contributed by atoms with Gasteiger partial charge in [-0.3, -0.25) is 0 Å². The lowest BCUT2D eigenvalue weighted by molar-refractivity contribution is 0.106. The van der Waals surface area contributed by atoms with Crippen LogP contribution in [0.5, 0.6) is 5.75 Å². The smallest absolute Gasteiger partial charge is 0.120 e. The van der Waals surface area contributed by atoms with Gasteiger partial charge in [0.1, 0.15) is 18.5 Å². The van der Waals surface area contributed by atoms with Crippen LogP contribution in [0, 0.1) is 5.92 Å². The fraction of sp³-hybridized carbons (Fsp3) is 0.600. The molecule has 0 amide bonds. The number of aliphatic hydroxyl groups excluding tert-OH is 1. The predicted octanol–water partition coefficient (Wildman–Crippen LogP) is 2.86. The summed E-state index contributed by atoms with van der Waals surface area (Å²) in [6.07, 6.45) is 3.29. The summed E-state index contributed by atoms with van der Waals surface area (Å²) in [7, 11) is 0. The third-order valence-electron chi connectivity index (χ3n) is 3.44. The van der Waals surface area contributed by atoms with Crippen molar-refractivity contribution in [1.29, 1.82) is 0 Å². The monoisotopic (exact) mass is 283 g/mol. The molecule has 3 atom stereocenters. The summed E-state index contributed by atoms with van der Waals surface area (Å²) in [5.74, 6) is 1.51. The van der Waals surface area contributed by atoms with Crippen LogP contribution < -0.4 is 10.1 Å². The highest BCUT2D eigenvalue weighted by Crippen LogP contribution is 2.34. The molecule has 1 fully saturated rings. The summed E-state index contributed by atoms with van der Waals surface area (Å²) < 4.78 is 5.50. The SMILES string of the molecule is CCCC1CC1NCC(O)COc1cccc(Cl)c1. The second kappa shape index (κ2) is 7.13. The molecule has 0 bridgehead atoms. The molecular weight excluding hydrogens is 262 g/mol. The molecule has 0 saturated heterocycles. The largest absolute Gasteiger partial charge is 0.491 e. The van der Waals surface area contributed by atoms with Gasteiger partial charge in [-0.2, -0.15) is 0 Å². The molecule has 3 unspecified atom stereocenters. The van der Waals surface area contributed by atoms with Crippen LogP contribution in [0.3, 0.4) is 0 Å². The van der Waals surface area contributed by atoms with E-state index in [1.54, 1.807) is 12.1 Å². The van der Waals surface area contributed by atoms with Gasteiger partial charge in [-0.15, -0.1) is 0 Å². The molecule has 0 aliphatic heterocycles. The fourth-order valence-corrected chi connectivity index (χ4v) is 2.46. The first-order chi connectivity index (χ1) is 9.19.